The van der Waals surface area contributed by atoms with Crippen LogP contribution in [-0.2, 0) is 14.2 Å². The summed E-state index contributed by atoms with van der Waals surface area (Å²) in [4.78, 5) is 0. The molecule has 0 aliphatic heterocycles. The quantitative estimate of drug-likeness (QED) is 0.115. The molecular formula is C26H52O3. The molecule has 0 saturated carbocycles. The Labute approximate surface area is 183 Å². The van der Waals surface area contributed by atoms with Gasteiger partial charge >= 0.3 is 0 Å². The Morgan fingerprint density at radius 2 is 1.34 bits per heavy atom. The number of ether oxygens (including phenoxy) is 3. The van der Waals surface area contributed by atoms with Crippen molar-refractivity contribution in [3.63, 3.8) is 0 Å². The molecule has 0 aliphatic rings. The molecular weight excluding hydrogens is 360 g/mol. The molecule has 0 heterocycles. The number of allylic oxidation sites excluding steroid dienone is 1. The fourth-order valence-corrected chi connectivity index (χ4v) is 4.59. The summed E-state index contributed by atoms with van der Waals surface area (Å²) >= 11 is 0. The molecule has 0 saturated heterocycles. The van der Waals surface area contributed by atoms with Crippen molar-refractivity contribution in [2.75, 3.05) is 27.9 Å². The molecule has 0 aliphatic carbocycles. The molecule has 29 heavy (non-hydrogen) atoms. The van der Waals surface area contributed by atoms with Crippen molar-refractivity contribution in [3.05, 3.63) is 12.2 Å². The third-order valence-electron chi connectivity index (χ3n) is 6.73. The summed E-state index contributed by atoms with van der Waals surface area (Å²) in [5.41, 5.74) is -0.150. The fraction of sp³-hybridized carbons (Fsp3) is 0.923. The van der Waals surface area contributed by atoms with E-state index in [-0.39, 0.29) is 5.41 Å². The standard InChI is InChI=1S/C26H52O3/c1-8-11-12-13-14-17-21-25(20-9-2,26(28-6,29-7)23-27-5)22-18-15-16-19-24(4)10-3/h9,20,24H,8,10-19,21-23H2,1-7H3. The van der Waals surface area contributed by atoms with E-state index in [1.807, 2.05) is 0 Å². The minimum atomic E-state index is -0.728. The van der Waals surface area contributed by atoms with Gasteiger partial charge in [0.2, 0.25) is 5.79 Å². The lowest BCUT2D eigenvalue weighted by atomic mass is 9.70. The van der Waals surface area contributed by atoms with Gasteiger partial charge in [-0.1, -0.05) is 104 Å². The molecule has 2 atom stereocenters. The maximum absolute atomic E-state index is 6.06. The van der Waals surface area contributed by atoms with Crippen molar-refractivity contribution in [1.82, 2.24) is 0 Å². The Bertz CT molecular complexity index is 389. The number of rotatable bonds is 20. The first-order valence-electron chi connectivity index (χ1n) is 12.2. The van der Waals surface area contributed by atoms with Crippen LogP contribution in [0.5, 0.6) is 0 Å². The minimum Gasteiger partial charge on any atom is -0.379 e. The van der Waals surface area contributed by atoms with Crippen LogP contribution in [0.15, 0.2) is 12.2 Å². The van der Waals surface area contributed by atoms with Crippen molar-refractivity contribution in [1.29, 1.82) is 0 Å². The van der Waals surface area contributed by atoms with Crippen molar-refractivity contribution in [3.8, 4) is 0 Å². The summed E-state index contributed by atoms with van der Waals surface area (Å²) in [6.07, 6.45) is 20.9. The van der Waals surface area contributed by atoms with Gasteiger partial charge in [0.05, 0.1) is 0 Å². The first-order chi connectivity index (χ1) is 14.0. The second kappa shape index (κ2) is 17.3. The van der Waals surface area contributed by atoms with Gasteiger partial charge in [0.15, 0.2) is 0 Å². The van der Waals surface area contributed by atoms with Crippen LogP contribution in [0, 0.1) is 11.3 Å². The average molecular weight is 413 g/mol. The van der Waals surface area contributed by atoms with Crippen LogP contribution in [0.1, 0.15) is 111 Å². The van der Waals surface area contributed by atoms with E-state index in [0.717, 1.165) is 18.8 Å². The highest BCUT2D eigenvalue weighted by Crippen LogP contribution is 2.46. The molecule has 0 rings (SSSR count). The highest BCUT2D eigenvalue weighted by atomic mass is 16.7. The zero-order valence-corrected chi connectivity index (χ0v) is 20.9. The van der Waals surface area contributed by atoms with E-state index in [9.17, 15) is 0 Å². The lowest BCUT2D eigenvalue weighted by Gasteiger charge is -2.47. The van der Waals surface area contributed by atoms with E-state index in [1.165, 1.54) is 70.6 Å². The number of methoxy groups -OCH3 is 3. The van der Waals surface area contributed by atoms with Crippen LogP contribution in [0.3, 0.4) is 0 Å². The van der Waals surface area contributed by atoms with Crippen LogP contribution in [0.4, 0.5) is 0 Å². The van der Waals surface area contributed by atoms with Crippen LogP contribution in [0.25, 0.3) is 0 Å². The largest absolute Gasteiger partial charge is 0.379 e. The molecule has 0 radical (unpaired) electrons. The molecule has 0 spiro atoms. The van der Waals surface area contributed by atoms with Gasteiger partial charge in [-0.3, -0.25) is 0 Å². The predicted octanol–water partition coefficient (Wildman–Crippen LogP) is 7.93. The summed E-state index contributed by atoms with van der Waals surface area (Å²) in [6.45, 7) is 9.49. The summed E-state index contributed by atoms with van der Waals surface area (Å²) < 4.78 is 17.7. The van der Waals surface area contributed by atoms with Gasteiger partial charge < -0.3 is 14.2 Å². The molecule has 0 aromatic heterocycles. The smallest absolute Gasteiger partial charge is 0.200 e. The molecule has 0 aromatic rings. The monoisotopic (exact) mass is 412 g/mol. The Morgan fingerprint density at radius 3 is 1.83 bits per heavy atom. The zero-order valence-electron chi connectivity index (χ0n) is 20.9. The Hall–Kier alpha value is -0.380. The first kappa shape index (κ1) is 28.6. The number of hydrogen-bond acceptors (Lipinski definition) is 3. The summed E-state index contributed by atoms with van der Waals surface area (Å²) in [5, 5.41) is 0. The average Bonchev–Trinajstić information content (AvgIpc) is 2.73. The molecule has 2 unspecified atom stereocenters. The molecule has 0 N–H and O–H groups in total. The molecule has 174 valence electrons. The number of unbranched alkanes of at least 4 members (excludes halogenated alkanes) is 7. The third kappa shape index (κ3) is 9.98. The number of hydrogen-bond donors (Lipinski definition) is 0. The van der Waals surface area contributed by atoms with Crippen molar-refractivity contribution >= 4 is 0 Å². The van der Waals surface area contributed by atoms with Crippen molar-refractivity contribution in [2.45, 2.75) is 117 Å². The SMILES string of the molecule is CC=CC(CCCCCCCC)(CCCCCC(C)CC)C(COC)(OC)OC. The second-order valence-electron chi connectivity index (χ2n) is 8.88. The lowest BCUT2D eigenvalue weighted by molar-refractivity contribution is -0.287. The maximum atomic E-state index is 6.06. The Balaban J connectivity index is 5.21. The van der Waals surface area contributed by atoms with Gasteiger partial charge in [-0.2, -0.15) is 0 Å². The van der Waals surface area contributed by atoms with Crippen LogP contribution < -0.4 is 0 Å². The van der Waals surface area contributed by atoms with Crippen molar-refractivity contribution < 1.29 is 14.2 Å². The van der Waals surface area contributed by atoms with E-state index in [0.29, 0.717) is 6.61 Å². The van der Waals surface area contributed by atoms with E-state index in [4.69, 9.17) is 14.2 Å². The molecule has 0 fully saturated rings. The van der Waals surface area contributed by atoms with Crippen LogP contribution in [0.2, 0.25) is 0 Å². The molecule has 0 aromatic carbocycles. The van der Waals surface area contributed by atoms with Gasteiger partial charge in [-0.25, -0.2) is 0 Å². The third-order valence-corrected chi connectivity index (χ3v) is 6.73. The predicted molar refractivity (Wildman–Crippen MR) is 126 cm³/mol. The topological polar surface area (TPSA) is 27.7 Å². The summed E-state index contributed by atoms with van der Waals surface area (Å²) in [6, 6.07) is 0. The lowest BCUT2D eigenvalue weighted by Crippen LogP contribution is -2.54. The van der Waals surface area contributed by atoms with E-state index < -0.39 is 5.79 Å². The van der Waals surface area contributed by atoms with Crippen LogP contribution >= 0.6 is 0 Å². The normalized spacial score (nSPS) is 15.7. The van der Waals surface area contributed by atoms with E-state index in [1.54, 1.807) is 21.3 Å². The maximum Gasteiger partial charge on any atom is 0.200 e. The van der Waals surface area contributed by atoms with Gasteiger partial charge in [-0.05, 0) is 25.7 Å². The second-order valence-corrected chi connectivity index (χ2v) is 8.88. The van der Waals surface area contributed by atoms with E-state index >= 15 is 0 Å². The Kier molecular flexibility index (Phi) is 17.1. The zero-order chi connectivity index (χ0) is 22.0. The highest BCUT2D eigenvalue weighted by Gasteiger charge is 2.50. The van der Waals surface area contributed by atoms with Gasteiger partial charge in [0.1, 0.15) is 6.61 Å². The summed E-state index contributed by atoms with van der Waals surface area (Å²) in [7, 11) is 5.28. The highest BCUT2D eigenvalue weighted by molar-refractivity contribution is 5.07. The molecule has 3 heteroatoms. The van der Waals surface area contributed by atoms with E-state index in [2.05, 4.69) is 39.8 Å². The molecule has 0 amide bonds. The summed E-state index contributed by atoms with van der Waals surface area (Å²) in [5.74, 6) is 0.109. The van der Waals surface area contributed by atoms with Crippen molar-refractivity contribution in [2.24, 2.45) is 11.3 Å². The fourth-order valence-electron chi connectivity index (χ4n) is 4.59. The molecule has 3 nitrogen and oxygen atoms in total. The first-order valence-corrected chi connectivity index (χ1v) is 12.2. The van der Waals surface area contributed by atoms with Gasteiger partial charge in [0, 0.05) is 26.7 Å². The minimum absolute atomic E-state index is 0.150. The van der Waals surface area contributed by atoms with Gasteiger partial charge in [0.25, 0.3) is 0 Å². The van der Waals surface area contributed by atoms with Crippen LogP contribution in [-0.4, -0.2) is 33.7 Å². The molecule has 0 bridgehead atoms. The van der Waals surface area contributed by atoms with Gasteiger partial charge in [-0.15, -0.1) is 0 Å². The Morgan fingerprint density at radius 1 is 0.793 bits per heavy atom.